The van der Waals surface area contributed by atoms with Crippen molar-refractivity contribution in [3.8, 4) is 11.1 Å². The van der Waals surface area contributed by atoms with Crippen molar-refractivity contribution in [3.05, 3.63) is 72.1 Å². The summed E-state index contributed by atoms with van der Waals surface area (Å²) in [6, 6.07) is 15.3. The van der Waals surface area contributed by atoms with Gasteiger partial charge in [-0.3, -0.25) is 4.79 Å². The molecule has 0 amide bonds. The second-order valence-corrected chi connectivity index (χ2v) is 6.06. The average Bonchev–Trinajstić information content (AvgIpc) is 2.66. The van der Waals surface area contributed by atoms with Crippen molar-refractivity contribution in [1.29, 1.82) is 0 Å². The summed E-state index contributed by atoms with van der Waals surface area (Å²) < 4.78 is 38.4. The normalized spacial score (nSPS) is 11.2. The number of benzene rings is 2. The van der Waals surface area contributed by atoms with Gasteiger partial charge < -0.3 is 10.4 Å². The summed E-state index contributed by atoms with van der Waals surface area (Å²) >= 11 is 0. The summed E-state index contributed by atoms with van der Waals surface area (Å²) in [7, 11) is 0. The number of carboxylic acid groups (broad SMARTS) is 1. The second-order valence-electron chi connectivity index (χ2n) is 6.06. The molecular weight excluding hydrogens is 371 g/mol. The number of anilines is 2. The van der Waals surface area contributed by atoms with E-state index in [1.165, 1.54) is 0 Å². The van der Waals surface area contributed by atoms with E-state index in [4.69, 9.17) is 5.11 Å². The Labute approximate surface area is 158 Å². The van der Waals surface area contributed by atoms with E-state index in [0.29, 0.717) is 12.1 Å². The third-order valence-electron chi connectivity index (χ3n) is 3.95. The monoisotopic (exact) mass is 387 g/mol. The molecule has 0 aliphatic rings. The molecule has 3 rings (SSSR count). The van der Waals surface area contributed by atoms with Crippen molar-refractivity contribution in [1.82, 2.24) is 9.97 Å². The lowest BCUT2D eigenvalue weighted by Gasteiger charge is -2.10. The van der Waals surface area contributed by atoms with Gasteiger partial charge in [0.2, 0.25) is 5.95 Å². The number of hydrogen-bond acceptors (Lipinski definition) is 4. The van der Waals surface area contributed by atoms with Crippen molar-refractivity contribution in [2.45, 2.75) is 19.0 Å². The molecule has 0 bridgehead atoms. The van der Waals surface area contributed by atoms with Gasteiger partial charge in [0.25, 0.3) is 0 Å². The average molecular weight is 387 g/mol. The highest BCUT2D eigenvalue weighted by molar-refractivity contribution is 5.71. The van der Waals surface area contributed by atoms with Gasteiger partial charge in [-0.15, -0.1) is 0 Å². The smallest absolute Gasteiger partial charge is 0.433 e. The van der Waals surface area contributed by atoms with Gasteiger partial charge in [-0.2, -0.15) is 13.2 Å². The molecule has 0 aliphatic heterocycles. The minimum Gasteiger partial charge on any atom is -0.481 e. The van der Waals surface area contributed by atoms with E-state index in [0.717, 1.165) is 29.0 Å². The first-order chi connectivity index (χ1) is 13.3. The maximum Gasteiger partial charge on any atom is 0.433 e. The zero-order valence-corrected chi connectivity index (χ0v) is 14.6. The number of rotatable bonds is 6. The van der Waals surface area contributed by atoms with Crippen LogP contribution in [-0.4, -0.2) is 21.0 Å². The maximum absolute atomic E-state index is 12.8. The van der Waals surface area contributed by atoms with Gasteiger partial charge in [-0.05, 0) is 41.3 Å². The highest BCUT2D eigenvalue weighted by atomic mass is 19.4. The van der Waals surface area contributed by atoms with Gasteiger partial charge in [0, 0.05) is 18.3 Å². The van der Waals surface area contributed by atoms with Crippen LogP contribution in [-0.2, 0) is 17.4 Å². The van der Waals surface area contributed by atoms with Crippen LogP contribution in [0.2, 0.25) is 0 Å². The number of carboxylic acids is 1. The summed E-state index contributed by atoms with van der Waals surface area (Å²) in [5.74, 6) is -1.01. The van der Waals surface area contributed by atoms with Crippen LogP contribution in [0.1, 0.15) is 17.7 Å². The molecule has 0 radical (unpaired) electrons. The number of carbonyl (C=O) groups is 1. The first kappa shape index (κ1) is 19.3. The number of halogens is 3. The molecule has 144 valence electrons. The van der Waals surface area contributed by atoms with Crippen LogP contribution in [0.25, 0.3) is 11.1 Å². The Morgan fingerprint density at radius 1 is 1.04 bits per heavy atom. The van der Waals surface area contributed by atoms with E-state index in [-0.39, 0.29) is 12.4 Å². The molecule has 0 saturated carbocycles. The highest BCUT2D eigenvalue weighted by Gasteiger charge is 2.32. The molecule has 1 aromatic heterocycles. The summed E-state index contributed by atoms with van der Waals surface area (Å²) in [4.78, 5) is 18.1. The zero-order chi connectivity index (χ0) is 20.1. The molecule has 5 nitrogen and oxygen atoms in total. The molecule has 3 aromatic rings. The van der Waals surface area contributed by atoms with E-state index >= 15 is 0 Å². The summed E-state index contributed by atoms with van der Waals surface area (Å²) in [5, 5.41) is 11.6. The van der Waals surface area contributed by atoms with Crippen LogP contribution in [0.4, 0.5) is 24.8 Å². The first-order valence-corrected chi connectivity index (χ1v) is 8.40. The quantitative estimate of drug-likeness (QED) is 0.628. The van der Waals surface area contributed by atoms with E-state index < -0.39 is 17.8 Å². The maximum atomic E-state index is 12.8. The number of hydrogen-bond donors (Lipinski definition) is 2. The molecule has 2 N–H and O–H groups in total. The molecular formula is C20H16F3N3O2. The van der Waals surface area contributed by atoms with E-state index in [1.54, 1.807) is 18.2 Å². The van der Waals surface area contributed by atoms with Crippen LogP contribution in [0, 0.1) is 0 Å². The SMILES string of the molecule is O=C(O)CCc1cccc(-c2cccc(Nc3nccc(C(F)(F)F)n3)c2)c1. The fraction of sp³-hybridized carbons (Fsp3) is 0.150. The number of aryl methyl sites for hydroxylation is 1. The number of aliphatic carboxylic acids is 1. The lowest BCUT2D eigenvalue weighted by Crippen LogP contribution is -2.10. The number of alkyl halides is 3. The second kappa shape index (κ2) is 8.08. The van der Waals surface area contributed by atoms with E-state index in [1.807, 2.05) is 30.3 Å². The summed E-state index contributed by atoms with van der Waals surface area (Å²) in [6.07, 6.45) is -3.04. The highest BCUT2D eigenvalue weighted by Crippen LogP contribution is 2.29. The fourth-order valence-electron chi connectivity index (χ4n) is 2.64. The predicted molar refractivity (Wildman–Crippen MR) is 98.2 cm³/mol. The minimum atomic E-state index is -4.54. The van der Waals surface area contributed by atoms with Crippen LogP contribution in [0.15, 0.2) is 60.8 Å². The van der Waals surface area contributed by atoms with E-state index in [9.17, 15) is 18.0 Å². The molecule has 28 heavy (non-hydrogen) atoms. The Balaban J connectivity index is 1.81. The molecule has 1 heterocycles. The van der Waals surface area contributed by atoms with Gasteiger partial charge in [0.1, 0.15) is 5.69 Å². The fourth-order valence-corrected chi connectivity index (χ4v) is 2.64. The van der Waals surface area contributed by atoms with Crippen LogP contribution in [0.5, 0.6) is 0 Å². The lowest BCUT2D eigenvalue weighted by molar-refractivity contribution is -0.141. The van der Waals surface area contributed by atoms with Crippen LogP contribution in [0.3, 0.4) is 0 Å². The van der Waals surface area contributed by atoms with Crippen LogP contribution >= 0.6 is 0 Å². The van der Waals surface area contributed by atoms with Gasteiger partial charge in [-0.25, -0.2) is 9.97 Å². The molecule has 0 aliphatic carbocycles. The number of nitrogens with one attached hydrogen (secondary N) is 1. The largest absolute Gasteiger partial charge is 0.481 e. The van der Waals surface area contributed by atoms with Crippen molar-refractivity contribution in [2.24, 2.45) is 0 Å². The minimum absolute atomic E-state index is 0.0396. The Morgan fingerprint density at radius 2 is 1.75 bits per heavy atom. The number of nitrogens with zero attached hydrogens (tertiary/aromatic N) is 2. The van der Waals surface area contributed by atoms with Gasteiger partial charge in [0.05, 0.1) is 0 Å². The van der Waals surface area contributed by atoms with Gasteiger partial charge >= 0.3 is 12.1 Å². The van der Waals surface area contributed by atoms with Crippen molar-refractivity contribution in [3.63, 3.8) is 0 Å². The molecule has 0 unspecified atom stereocenters. The molecule has 0 spiro atoms. The molecule has 0 saturated heterocycles. The topological polar surface area (TPSA) is 75.1 Å². The third kappa shape index (κ3) is 5.06. The Morgan fingerprint density at radius 3 is 2.46 bits per heavy atom. The third-order valence-corrected chi connectivity index (χ3v) is 3.95. The summed E-state index contributed by atoms with van der Waals surface area (Å²) in [5.41, 5.74) is 2.10. The Kier molecular flexibility index (Phi) is 5.58. The first-order valence-electron chi connectivity index (χ1n) is 8.40. The zero-order valence-electron chi connectivity index (χ0n) is 14.6. The summed E-state index contributed by atoms with van der Waals surface area (Å²) in [6.45, 7) is 0. The molecule has 0 fully saturated rings. The molecule has 2 aromatic carbocycles. The molecule has 0 atom stereocenters. The van der Waals surface area contributed by atoms with E-state index in [2.05, 4.69) is 15.3 Å². The predicted octanol–water partition coefficient (Wildman–Crippen LogP) is 4.92. The van der Waals surface area contributed by atoms with Gasteiger partial charge in [-0.1, -0.05) is 36.4 Å². The van der Waals surface area contributed by atoms with Crippen molar-refractivity contribution < 1.29 is 23.1 Å². The van der Waals surface area contributed by atoms with Crippen molar-refractivity contribution >= 4 is 17.6 Å². The Bertz CT molecular complexity index is 990. The van der Waals surface area contributed by atoms with Gasteiger partial charge in [0.15, 0.2) is 0 Å². The number of aromatic nitrogens is 2. The van der Waals surface area contributed by atoms with Crippen LogP contribution < -0.4 is 5.32 Å². The molecule has 8 heteroatoms. The standard InChI is InChI=1S/C20H16F3N3O2/c21-20(22,23)17-9-10-24-19(26-17)25-16-6-2-5-15(12-16)14-4-1-3-13(11-14)7-8-18(27)28/h1-6,9-12H,7-8H2,(H,27,28)(H,24,25,26). The van der Waals surface area contributed by atoms with Crippen molar-refractivity contribution in [2.75, 3.05) is 5.32 Å². The Hall–Kier alpha value is -3.42. The lowest BCUT2D eigenvalue weighted by atomic mass is 10.0.